The Kier molecular flexibility index (Phi) is 6.60. The maximum absolute atomic E-state index is 12.2. The number of methoxy groups -OCH3 is 2. The molecule has 0 aliphatic rings. The number of aryl methyl sites for hydroxylation is 1. The standard InChI is InChI=1S/C20H23NO5/c1-13-5-7-15(8-6-13)14(2)21-19(22)12-26-20(23)17-10-9-16(24-3)11-18(17)25-4/h5-11,14H,12H2,1-4H3,(H,21,22). The lowest BCUT2D eigenvalue weighted by Crippen LogP contribution is -2.31. The van der Waals surface area contributed by atoms with Gasteiger partial charge in [0.2, 0.25) is 0 Å². The number of hydrogen-bond donors (Lipinski definition) is 1. The van der Waals surface area contributed by atoms with Crippen LogP contribution in [0.2, 0.25) is 0 Å². The zero-order chi connectivity index (χ0) is 19.1. The molecule has 0 fully saturated rings. The minimum absolute atomic E-state index is 0.183. The van der Waals surface area contributed by atoms with Crippen LogP contribution in [0.25, 0.3) is 0 Å². The molecule has 138 valence electrons. The van der Waals surface area contributed by atoms with Gasteiger partial charge in [0, 0.05) is 6.07 Å². The molecule has 0 bridgehead atoms. The van der Waals surface area contributed by atoms with Gasteiger partial charge in [-0.2, -0.15) is 0 Å². The van der Waals surface area contributed by atoms with Gasteiger partial charge in [0.1, 0.15) is 17.1 Å². The Morgan fingerprint density at radius 1 is 1.04 bits per heavy atom. The van der Waals surface area contributed by atoms with Gasteiger partial charge < -0.3 is 19.5 Å². The lowest BCUT2D eigenvalue weighted by atomic mass is 10.1. The highest BCUT2D eigenvalue weighted by atomic mass is 16.5. The fourth-order valence-electron chi connectivity index (χ4n) is 2.40. The van der Waals surface area contributed by atoms with Crippen molar-refractivity contribution < 1.29 is 23.8 Å². The van der Waals surface area contributed by atoms with Crippen LogP contribution in [-0.4, -0.2) is 32.7 Å². The first-order valence-corrected chi connectivity index (χ1v) is 8.19. The van der Waals surface area contributed by atoms with Gasteiger partial charge in [-0.1, -0.05) is 29.8 Å². The zero-order valence-corrected chi connectivity index (χ0v) is 15.4. The number of ether oxygens (including phenoxy) is 3. The van der Waals surface area contributed by atoms with E-state index in [1.165, 1.54) is 20.3 Å². The second-order valence-electron chi connectivity index (χ2n) is 5.84. The second kappa shape index (κ2) is 8.89. The molecule has 0 saturated carbocycles. The van der Waals surface area contributed by atoms with Crippen LogP contribution in [0.5, 0.6) is 11.5 Å². The molecule has 2 rings (SSSR count). The van der Waals surface area contributed by atoms with Crippen molar-refractivity contribution in [2.45, 2.75) is 19.9 Å². The highest BCUT2D eigenvalue weighted by Gasteiger charge is 2.17. The minimum atomic E-state index is -0.636. The fraction of sp³-hybridized carbons (Fsp3) is 0.300. The maximum atomic E-state index is 12.2. The Morgan fingerprint density at radius 2 is 1.73 bits per heavy atom. The molecule has 1 atom stereocenters. The summed E-state index contributed by atoms with van der Waals surface area (Å²) in [5.74, 6) is -0.132. The van der Waals surface area contributed by atoms with Crippen LogP contribution in [0, 0.1) is 6.92 Å². The van der Waals surface area contributed by atoms with Crippen molar-refractivity contribution in [2.75, 3.05) is 20.8 Å². The highest BCUT2D eigenvalue weighted by Crippen LogP contribution is 2.25. The summed E-state index contributed by atoms with van der Waals surface area (Å²) in [6, 6.07) is 12.4. The maximum Gasteiger partial charge on any atom is 0.342 e. The first-order chi connectivity index (χ1) is 12.4. The van der Waals surface area contributed by atoms with Crippen molar-refractivity contribution in [3.8, 4) is 11.5 Å². The summed E-state index contributed by atoms with van der Waals surface area (Å²) in [5.41, 5.74) is 2.36. The van der Waals surface area contributed by atoms with E-state index in [4.69, 9.17) is 14.2 Å². The van der Waals surface area contributed by atoms with E-state index in [1.54, 1.807) is 12.1 Å². The number of carbonyl (C=O) groups is 2. The Bertz CT molecular complexity index is 770. The largest absolute Gasteiger partial charge is 0.497 e. The topological polar surface area (TPSA) is 73.9 Å². The molecule has 1 amide bonds. The number of carbonyl (C=O) groups excluding carboxylic acids is 2. The van der Waals surface area contributed by atoms with Crippen molar-refractivity contribution >= 4 is 11.9 Å². The van der Waals surface area contributed by atoms with Gasteiger partial charge in [0.15, 0.2) is 6.61 Å². The summed E-state index contributed by atoms with van der Waals surface area (Å²) < 4.78 is 15.3. The summed E-state index contributed by atoms with van der Waals surface area (Å²) >= 11 is 0. The molecule has 2 aromatic carbocycles. The SMILES string of the molecule is COc1ccc(C(=O)OCC(=O)NC(C)c2ccc(C)cc2)c(OC)c1. The van der Waals surface area contributed by atoms with E-state index >= 15 is 0 Å². The number of nitrogens with one attached hydrogen (secondary N) is 1. The number of amides is 1. The molecule has 0 radical (unpaired) electrons. The number of esters is 1. The van der Waals surface area contributed by atoms with Gasteiger partial charge in [0.25, 0.3) is 5.91 Å². The van der Waals surface area contributed by atoms with Gasteiger partial charge in [-0.25, -0.2) is 4.79 Å². The molecule has 1 unspecified atom stereocenters. The van der Waals surface area contributed by atoms with E-state index in [2.05, 4.69) is 5.32 Å². The normalized spacial score (nSPS) is 11.4. The molecule has 2 aromatic rings. The monoisotopic (exact) mass is 357 g/mol. The third-order valence-corrected chi connectivity index (χ3v) is 3.92. The first-order valence-electron chi connectivity index (χ1n) is 8.19. The molecule has 0 aliphatic heterocycles. The molecule has 26 heavy (non-hydrogen) atoms. The Hall–Kier alpha value is -3.02. The summed E-state index contributed by atoms with van der Waals surface area (Å²) in [6.07, 6.45) is 0. The van der Waals surface area contributed by atoms with Crippen molar-refractivity contribution in [1.29, 1.82) is 0 Å². The third-order valence-electron chi connectivity index (χ3n) is 3.92. The Balaban J connectivity index is 1.92. The number of rotatable bonds is 7. The van der Waals surface area contributed by atoms with Crippen LogP contribution in [0.15, 0.2) is 42.5 Å². The van der Waals surface area contributed by atoms with Gasteiger partial charge in [-0.05, 0) is 31.5 Å². The predicted octanol–water partition coefficient (Wildman–Crippen LogP) is 3.05. The van der Waals surface area contributed by atoms with E-state index in [0.717, 1.165) is 11.1 Å². The smallest absolute Gasteiger partial charge is 0.342 e. The summed E-state index contributed by atoms with van der Waals surface area (Å²) in [4.78, 5) is 24.2. The average molecular weight is 357 g/mol. The second-order valence-corrected chi connectivity index (χ2v) is 5.84. The van der Waals surface area contributed by atoms with Gasteiger partial charge in [-0.3, -0.25) is 4.79 Å². The first kappa shape index (κ1) is 19.3. The van der Waals surface area contributed by atoms with Crippen LogP contribution >= 0.6 is 0 Å². The van der Waals surface area contributed by atoms with E-state index < -0.39 is 5.97 Å². The van der Waals surface area contributed by atoms with E-state index in [-0.39, 0.29) is 24.1 Å². The van der Waals surface area contributed by atoms with Crippen LogP contribution in [0.4, 0.5) is 0 Å². The predicted molar refractivity (Wildman–Crippen MR) is 97.6 cm³/mol. The molecule has 0 saturated heterocycles. The molecular formula is C20H23NO5. The molecule has 6 nitrogen and oxygen atoms in total. The Morgan fingerprint density at radius 3 is 2.35 bits per heavy atom. The van der Waals surface area contributed by atoms with E-state index in [0.29, 0.717) is 11.5 Å². The molecule has 0 spiro atoms. The lowest BCUT2D eigenvalue weighted by molar-refractivity contribution is -0.124. The van der Waals surface area contributed by atoms with Crippen LogP contribution < -0.4 is 14.8 Å². The number of hydrogen-bond acceptors (Lipinski definition) is 5. The summed E-state index contributed by atoms with van der Waals surface area (Å²) in [6.45, 7) is 3.50. The van der Waals surface area contributed by atoms with E-state index in [9.17, 15) is 9.59 Å². The quantitative estimate of drug-likeness (QED) is 0.771. The molecule has 0 aliphatic carbocycles. The third kappa shape index (κ3) is 4.99. The van der Waals surface area contributed by atoms with Crippen molar-refractivity contribution in [1.82, 2.24) is 5.32 Å². The van der Waals surface area contributed by atoms with Crippen LogP contribution in [0.3, 0.4) is 0 Å². The van der Waals surface area contributed by atoms with Crippen LogP contribution in [0.1, 0.15) is 34.5 Å². The highest BCUT2D eigenvalue weighted by molar-refractivity contribution is 5.94. The molecule has 6 heteroatoms. The molecule has 1 N–H and O–H groups in total. The minimum Gasteiger partial charge on any atom is -0.497 e. The lowest BCUT2D eigenvalue weighted by Gasteiger charge is -2.15. The molecule has 0 aromatic heterocycles. The Labute approximate surface area is 153 Å². The average Bonchev–Trinajstić information content (AvgIpc) is 2.65. The molecular weight excluding hydrogens is 334 g/mol. The fourth-order valence-corrected chi connectivity index (χ4v) is 2.40. The van der Waals surface area contributed by atoms with Crippen LogP contribution in [-0.2, 0) is 9.53 Å². The van der Waals surface area contributed by atoms with Gasteiger partial charge in [0.05, 0.1) is 20.3 Å². The van der Waals surface area contributed by atoms with Crippen molar-refractivity contribution in [2.24, 2.45) is 0 Å². The zero-order valence-electron chi connectivity index (χ0n) is 15.4. The molecule has 0 heterocycles. The summed E-state index contributed by atoms with van der Waals surface area (Å²) in [7, 11) is 2.97. The number of benzene rings is 2. The van der Waals surface area contributed by atoms with E-state index in [1.807, 2.05) is 38.1 Å². The summed E-state index contributed by atoms with van der Waals surface area (Å²) in [5, 5.41) is 2.80. The van der Waals surface area contributed by atoms with Crippen molar-refractivity contribution in [3.63, 3.8) is 0 Å². The van der Waals surface area contributed by atoms with Crippen molar-refractivity contribution in [3.05, 3.63) is 59.2 Å². The van der Waals surface area contributed by atoms with Gasteiger partial charge in [-0.15, -0.1) is 0 Å². The van der Waals surface area contributed by atoms with Gasteiger partial charge >= 0.3 is 5.97 Å².